The molecule has 9 N–H and O–H groups in total. The number of rotatable bonds is 14. The minimum absolute atomic E-state index is 0.0480. The van der Waals surface area contributed by atoms with Gasteiger partial charge in [-0.05, 0) is 31.0 Å². The second-order valence-electron chi connectivity index (χ2n) is 7.71. The first-order valence-electron chi connectivity index (χ1n) is 10.4. The first kappa shape index (κ1) is 28.8. The Balaban J connectivity index is 3.04. The van der Waals surface area contributed by atoms with E-state index in [1.54, 1.807) is 0 Å². The molecule has 3 amide bonds. The van der Waals surface area contributed by atoms with Crippen LogP contribution in [0.25, 0.3) is 0 Å². The second-order valence-corrected chi connectivity index (χ2v) is 7.71. The average molecular weight is 496 g/mol. The Hall–Kier alpha value is -4.20. The number of hydrogen-bond donors (Lipinski definition) is 8. The van der Waals surface area contributed by atoms with Crippen LogP contribution in [0.1, 0.15) is 31.7 Å². The smallest absolute Gasteiger partial charge is 0.326 e. The van der Waals surface area contributed by atoms with E-state index in [1.165, 1.54) is 31.2 Å². The van der Waals surface area contributed by atoms with E-state index in [9.17, 15) is 39.0 Å². The Kier molecular flexibility index (Phi) is 11.1. The summed E-state index contributed by atoms with van der Waals surface area (Å²) < 4.78 is 0. The molecule has 192 valence electrons. The van der Waals surface area contributed by atoms with Crippen LogP contribution >= 0.6 is 0 Å². The molecule has 14 heteroatoms. The third-order valence-electron chi connectivity index (χ3n) is 4.70. The first-order valence-corrected chi connectivity index (χ1v) is 10.4. The summed E-state index contributed by atoms with van der Waals surface area (Å²) >= 11 is 0. The predicted octanol–water partition coefficient (Wildman–Crippen LogP) is -1.84. The van der Waals surface area contributed by atoms with Gasteiger partial charge in [0.05, 0.1) is 12.5 Å². The van der Waals surface area contributed by atoms with Gasteiger partial charge in [-0.2, -0.15) is 0 Å². The number of benzene rings is 1. The number of phenols is 1. The fourth-order valence-corrected chi connectivity index (χ4v) is 2.84. The molecule has 1 aromatic rings. The van der Waals surface area contributed by atoms with Crippen molar-refractivity contribution in [2.24, 2.45) is 5.73 Å². The molecule has 0 aromatic heterocycles. The molecule has 0 radical (unpaired) electrons. The summed E-state index contributed by atoms with van der Waals surface area (Å²) in [5.41, 5.74) is 5.87. The van der Waals surface area contributed by atoms with Crippen LogP contribution in [0.2, 0.25) is 0 Å². The minimum atomic E-state index is -1.63. The van der Waals surface area contributed by atoms with Crippen molar-refractivity contribution >= 4 is 35.6 Å². The maximum absolute atomic E-state index is 12.8. The molecular weight excluding hydrogens is 468 g/mol. The number of nitrogens with two attached hydrogens (primary N) is 1. The van der Waals surface area contributed by atoms with Crippen molar-refractivity contribution in [1.29, 1.82) is 0 Å². The third kappa shape index (κ3) is 10.5. The Labute approximate surface area is 199 Å². The highest BCUT2D eigenvalue weighted by atomic mass is 16.4. The van der Waals surface area contributed by atoms with Gasteiger partial charge >= 0.3 is 17.9 Å². The molecule has 0 saturated heterocycles. The van der Waals surface area contributed by atoms with E-state index in [-0.39, 0.29) is 12.2 Å². The molecule has 4 unspecified atom stereocenters. The fourth-order valence-electron chi connectivity index (χ4n) is 2.84. The minimum Gasteiger partial charge on any atom is -0.508 e. The zero-order valence-electron chi connectivity index (χ0n) is 18.8. The van der Waals surface area contributed by atoms with Gasteiger partial charge in [0.1, 0.15) is 23.9 Å². The van der Waals surface area contributed by atoms with E-state index in [0.29, 0.717) is 5.56 Å². The lowest BCUT2D eigenvalue weighted by Crippen LogP contribution is -2.57. The number of carboxylic acids is 3. The molecule has 35 heavy (non-hydrogen) atoms. The van der Waals surface area contributed by atoms with E-state index in [1.807, 2.05) is 0 Å². The fraction of sp³-hybridized carbons (Fsp3) is 0.429. The zero-order valence-corrected chi connectivity index (χ0v) is 18.8. The summed E-state index contributed by atoms with van der Waals surface area (Å²) in [6, 6.07) is -0.180. The van der Waals surface area contributed by atoms with Crippen molar-refractivity contribution in [3.63, 3.8) is 0 Å². The van der Waals surface area contributed by atoms with Crippen LogP contribution in [-0.4, -0.2) is 80.2 Å². The van der Waals surface area contributed by atoms with Gasteiger partial charge in [-0.25, -0.2) is 4.79 Å². The summed E-state index contributed by atoms with van der Waals surface area (Å²) in [7, 11) is 0. The number of nitrogens with one attached hydrogen (secondary N) is 3. The Bertz CT molecular complexity index is 948. The molecule has 0 aliphatic carbocycles. The van der Waals surface area contributed by atoms with Crippen LogP contribution in [0.5, 0.6) is 5.75 Å². The predicted molar refractivity (Wildman–Crippen MR) is 118 cm³/mol. The van der Waals surface area contributed by atoms with Gasteiger partial charge in [0.15, 0.2) is 0 Å². The average Bonchev–Trinajstić information content (AvgIpc) is 2.76. The van der Waals surface area contributed by atoms with Gasteiger partial charge in [-0.3, -0.25) is 24.0 Å². The third-order valence-corrected chi connectivity index (χ3v) is 4.70. The zero-order chi connectivity index (χ0) is 26.7. The quantitative estimate of drug-likeness (QED) is 0.142. The van der Waals surface area contributed by atoms with E-state index in [4.69, 9.17) is 15.9 Å². The molecule has 14 nitrogen and oxygen atoms in total. The number of phenolic OH excluding ortho intramolecular Hbond substituents is 1. The van der Waals surface area contributed by atoms with Crippen molar-refractivity contribution in [2.75, 3.05) is 0 Å². The lowest BCUT2D eigenvalue weighted by atomic mass is 10.0. The van der Waals surface area contributed by atoms with Gasteiger partial charge < -0.3 is 42.1 Å². The molecule has 0 heterocycles. The molecule has 0 bridgehead atoms. The van der Waals surface area contributed by atoms with Crippen molar-refractivity contribution in [3.8, 4) is 5.75 Å². The molecule has 0 saturated carbocycles. The standard InChI is InChI=1S/C21H28N4O10/c1-10(22)18(31)24-14(9-17(29)30)20(33)23-13(6-7-16(27)28)19(32)25-15(21(34)35)8-11-2-4-12(26)5-3-11/h2-5,10,13-15,26H,6-9,22H2,1H3,(H,23,33)(H,24,31)(H,25,32)(H,27,28)(H,29,30)(H,34,35). The maximum Gasteiger partial charge on any atom is 0.326 e. The Morgan fingerprint density at radius 1 is 0.800 bits per heavy atom. The monoisotopic (exact) mass is 496 g/mol. The van der Waals surface area contributed by atoms with Gasteiger partial charge in [-0.15, -0.1) is 0 Å². The van der Waals surface area contributed by atoms with Crippen LogP contribution < -0.4 is 21.7 Å². The summed E-state index contributed by atoms with van der Waals surface area (Å²) in [6.45, 7) is 1.30. The first-order chi connectivity index (χ1) is 16.3. The normalized spacial score (nSPS) is 14.0. The molecular formula is C21H28N4O10. The van der Waals surface area contributed by atoms with Crippen LogP contribution in [0.3, 0.4) is 0 Å². The van der Waals surface area contributed by atoms with Crippen molar-refractivity contribution in [1.82, 2.24) is 16.0 Å². The summed E-state index contributed by atoms with van der Waals surface area (Å²) in [6.07, 6.45) is -2.06. The highest BCUT2D eigenvalue weighted by Gasteiger charge is 2.31. The van der Waals surface area contributed by atoms with E-state index >= 15 is 0 Å². The van der Waals surface area contributed by atoms with Crippen molar-refractivity contribution in [2.45, 2.75) is 56.8 Å². The summed E-state index contributed by atoms with van der Waals surface area (Å²) in [5, 5.41) is 43.4. The number of carbonyl (C=O) groups is 6. The number of aromatic hydroxyl groups is 1. The number of hydrogen-bond acceptors (Lipinski definition) is 8. The molecule has 1 rings (SSSR count). The van der Waals surface area contributed by atoms with Crippen LogP contribution in [0.15, 0.2) is 24.3 Å². The molecule has 1 aromatic carbocycles. The van der Waals surface area contributed by atoms with Crippen LogP contribution in [-0.2, 0) is 35.2 Å². The number of carbonyl (C=O) groups excluding carboxylic acids is 3. The Morgan fingerprint density at radius 2 is 1.31 bits per heavy atom. The van der Waals surface area contributed by atoms with Gasteiger partial charge in [0.25, 0.3) is 0 Å². The lowest BCUT2D eigenvalue weighted by Gasteiger charge is -2.24. The maximum atomic E-state index is 12.8. The summed E-state index contributed by atoms with van der Waals surface area (Å²) in [5.74, 6) is -7.17. The van der Waals surface area contributed by atoms with Crippen LogP contribution in [0, 0.1) is 0 Å². The van der Waals surface area contributed by atoms with Crippen molar-refractivity contribution in [3.05, 3.63) is 29.8 Å². The number of carboxylic acid groups (broad SMARTS) is 3. The highest BCUT2D eigenvalue weighted by Crippen LogP contribution is 2.12. The number of aliphatic carboxylic acids is 3. The molecule has 0 spiro atoms. The van der Waals surface area contributed by atoms with Gasteiger partial charge in [0.2, 0.25) is 17.7 Å². The summed E-state index contributed by atoms with van der Waals surface area (Å²) in [4.78, 5) is 71.0. The second kappa shape index (κ2) is 13.5. The van der Waals surface area contributed by atoms with E-state index in [0.717, 1.165) is 0 Å². The molecule has 0 aliphatic heterocycles. The van der Waals surface area contributed by atoms with Crippen molar-refractivity contribution < 1.29 is 49.2 Å². The van der Waals surface area contributed by atoms with Crippen LogP contribution in [0.4, 0.5) is 0 Å². The van der Waals surface area contributed by atoms with Gasteiger partial charge in [-0.1, -0.05) is 12.1 Å². The Morgan fingerprint density at radius 3 is 1.80 bits per heavy atom. The molecule has 4 atom stereocenters. The van der Waals surface area contributed by atoms with E-state index < -0.39 is 79.1 Å². The molecule has 0 aliphatic rings. The largest absolute Gasteiger partial charge is 0.508 e. The lowest BCUT2D eigenvalue weighted by molar-refractivity contribution is -0.143. The number of amides is 3. The topological polar surface area (TPSA) is 245 Å². The SMILES string of the molecule is CC(N)C(=O)NC(CC(=O)O)C(=O)NC(CCC(=O)O)C(=O)NC(Cc1ccc(O)cc1)C(=O)O. The van der Waals surface area contributed by atoms with E-state index in [2.05, 4.69) is 16.0 Å². The molecule has 0 fully saturated rings. The van der Waals surface area contributed by atoms with Gasteiger partial charge in [0, 0.05) is 12.8 Å². The highest BCUT2D eigenvalue weighted by molar-refractivity contribution is 5.95.